The van der Waals surface area contributed by atoms with Gasteiger partial charge in [-0.15, -0.1) is 0 Å². The molecule has 0 heterocycles. The van der Waals surface area contributed by atoms with Crippen LogP contribution in [0.4, 0.5) is 0 Å². The Balaban J connectivity index is 0.739. The third-order valence-electron chi connectivity index (χ3n) is 37.6. The quantitative estimate of drug-likeness (QED) is 0.0508. The lowest BCUT2D eigenvalue weighted by molar-refractivity contribution is -0.310. The Morgan fingerprint density at radius 1 is 0.350 bits per heavy atom. The lowest BCUT2D eigenvalue weighted by Gasteiger charge is -2.68. The largest absolute Gasteiger partial charge is 0.481 e. The molecule has 584 valence electrons. The minimum atomic E-state index is -0.808. The predicted octanol–water partition coefficient (Wildman–Crippen LogP) is 11.3. The molecule has 0 aromatic rings. The Bertz CT molecular complexity index is 2800. The van der Waals surface area contributed by atoms with Gasteiger partial charge in [0.25, 0.3) is 0 Å². The minimum absolute atomic E-state index is 0.00104. The van der Waals surface area contributed by atoms with Crippen LogP contribution in [0.3, 0.4) is 0 Å². The maximum Gasteiger partial charge on any atom is 0.303 e. The normalized spacial score (nSPS) is 55.9. The number of carboxylic acids is 3. The summed E-state index contributed by atoms with van der Waals surface area (Å²) >= 11 is 0. The second-order valence-corrected chi connectivity index (χ2v) is 41.6. The van der Waals surface area contributed by atoms with E-state index in [0.29, 0.717) is 135 Å². The van der Waals surface area contributed by atoms with Crippen molar-refractivity contribution in [2.45, 2.75) is 327 Å². The fraction of sp³-hybridized carbons (Fsp3) is 0.965. The van der Waals surface area contributed by atoms with Gasteiger partial charge in [0.1, 0.15) is 0 Å². The Hall–Kier alpha value is -2.07. The lowest BCUT2D eigenvalue weighted by Crippen LogP contribution is -2.69. The van der Waals surface area contributed by atoms with Crippen molar-refractivity contribution in [2.24, 2.45) is 163 Å². The van der Waals surface area contributed by atoms with Crippen molar-refractivity contribution in [3.63, 3.8) is 0 Å². The predicted molar refractivity (Wildman–Crippen MR) is 384 cm³/mol. The van der Waals surface area contributed by atoms with Crippen molar-refractivity contribution in [3.05, 3.63) is 0 Å². The van der Waals surface area contributed by atoms with Crippen LogP contribution in [0, 0.1) is 163 Å². The van der Waals surface area contributed by atoms with Crippen LogP contribution in [0.25, 0.3) is 0 Å². The van der Waals surface area contributed by atoms with Gasteiger partial charge in [-0.25, -0.2) is 0 Å². The first-order valence-electron chi connectivity index (χ1n) is 42.2. The molecule has 0 radical (unpaired) electrons. The number of rotatable bonds is 21. The van der Waals surface area contributed by atoms with Crippen molar-refractivity contribution in [1.82, 2.24) is 0 Å². The average Bonchev–Trinajstić information content (AvgIpc) is 1.69. The van der Waals surface area contributed by atoms with Gasteiger partial charge in [-0.1, -0.05) is 62.3 Å². The van der Waals surface area contributed by atoms with Crippen molar-refractivity contribution in [1.29, 1.82) is 0 Å². The Morgan fingerprint density at radius 2 is 0.612 bits per heavy atom. The van der Waals surface area contributed by atoms with E-state index in [9.17, 15) is 75.7 Å². The summed E-state index contributed by atoms with van der Waals surface area (Å²) in [6, 6.07) is 0. The highest BCUT2D eigenvalue weighted by Gasteiger charge is 2.74. The zero-order valence-electron chi connectivity index (χ0n) is 64.0. The van der Waals surface area contributed by atoms with Crippen molar-refractivity contribution in [3.8, 4) is 0 Å². The van der Waals surface area contributed by atoms with Crippen LogP contribution in [0.1, 0.15) is 255 Å². The van der Waals surface area contributed by atoms with E-state index in [4.69, 9.17) is 14.2 Å². The highest BCUT2D eigenvalue weighted by molar-refractivity contribution is 5.67. The Kier molecular flexibility index (Phi) is 20.1. The molecule has 16 fully saturated rings. The van der Waals surface area contributed by atoms with E-state index < -0.39 is 106 Å². The third-order valence-corrected chi connectivity index (χ3v) is 37.6. The molecule has 0 aromatic carbocycles. The third kappa shape index (κ3) is 12.0. The Morgan fingerprint density at radius 3 is 0.864 bits per heavy atom. The topological polar surface area (TPSA) is 322 Å². The van der Waals surface area contributed by atoms with E-state index in [1.807, 2.05) is 0 Å². The zero-order chi connectivity index (χ0) is 73.6. The molecule has 18 heteroatoms. The van der Waals surface area contributed by atoms with Crippen LogP contribution in [0.15, 0.2) is 0 Å². The van der Waals surface area contributed by atoms with Crippen LogP contribution < -0.4 is 0 Å². The van der Waals surface area contributed by atoms with Crippen molar-refractivity contribution in [2.75, 3.05) is 19.8 Å². The maximum atomic E-state index is 12.8. The maximum absolute atomic E-state index is 12.8. The van der Waals surface area contributed by atoms with Crippen LogP contribution in [-0.4, -0.2) is 171 Å². The molecule has 0 saturated heterocycles. The van der Waals surface area contributed by atoms with Gasteiger partial charge < -0.3 is 75.5 Å². The van der Waals surface area contributed by atoms with Crippen molar-refractivity contribution >= 4 is 17.9 Å². The number of fused-ring (bicyclic) bond motifs is 15. The molecule has 16 aliphatic rings. The molecule has 0 aliphatic heterocycles. The van der Waals surface area contributed by atoms with Gasteiger partial charge in [0, 0.05) is 38.5 Å². The first kappa shape index (κ1) is 76.3. The fourth-order valence-corrected chi connectivity index (χ4v) is 33.1. The van der Waals surface area contributed by atoms with Gasteiger partial charge in [-0.05, 0) is 317 Å². The molecule has 36 atom stereocenters. The molecule has 0 amide bonds. The van der Waals surface area contributed by atoms with Gasteiger partial charge in [-0.3, -0.25) is 14.4 Å². The van der Waals surface area contributed by atoms with E-state index >= 15 is 0 Å². The van der Waals surface area contributed by atoms with Gasteiger partial charge in [0.2, 0.25) is 0 Å². The molecule has 18 nitrogen and oxygen atoms in total. The van der Waals surface area contributed by atoms with Crippen LogP contribution in [0.5, 0.6) is 0 Å². The molecule has 4 bridgehead atoms. The molecule has 16 aliphatic carbocycles. The van der Waals surface area contributed by atoms with E-state index in [1.54, 1.807) is 0 Å². The molecule has 0 spiro atoms. The second kappa shape index (κ2) is 27.1. The van der Waals surface area contributed by atoms with Gasteiger partial charge in [0.15, 0.2) is 0 Å². The number of ether oxygens (including phenoxy) is 3. The van der Waals surface area contributed by atoms with Gasteiger partial charge in [-0.2, -0.15) is 0 Å². The first-order valence-corrected chi connectivity index (χ1v) is 42.2. The number of hydrogen-bond donors (Lipinski definition) is 12. The monoisotopic (exact) mass is 1440 g/mol. The van der Waals surface area contributed by atoms with E-state index in [0.717, 1.165) is 57.8 Å². The van der Waals surface area contributed by atoms with E-state index in [1.165, 1.54) is 0 Å². The summed E-state index contributed by atoms with van der Waals surface area (Å²) in [5.74, 6) is -1.91. The number of aliphatic hydroxyl groups excluding tert-OH is 9. The van der Waals surface area contributed by atoms with Crippen LogP contribution in [0.2, 0.25) is 0 Å². The highest BCUT2D eigenvalue weighted by Crippen LogP contribution is 2.75. The van der Waals surface area contributed by atoms with E-state index in [2.05, 4.69) is 62.3 Å². The average molecular weight is 1450 g/mol. The standard InChI is InChI=1S/C85H136O18/c1-43(10-19-71(95)96)56-13-16-59-74-62(31-68(92)80(56,59)7)77(4)47(28-65(74)89)22-53(86)25-50(77)37-101-83-34-46-35-84(40-83,102-38-51-26-54(87)23-48-29-66(90)75-60-17-14-57(44(2)11-20-72(97)98)81(60,8)69(93)32-63(75)78(48,51)5)42-85(36-46,41-83)103-39-52-27-55(88)24-49-30-67(91)76-61-18-15-58(45(3)12-21-73(99)100)82(61,9)70(94)33-64(76)79(49,52)6/h43-70,74-76,86-94H,10-42H2,1-9H3,(H,95,96)(H,97,98)(H,99,100)/t43-,44-,45-,46?,47+,48+,49+,50?,51?,52?,53+,54+,55+,56-,57-,58-,59+,60+,61+,62+,63+,64+,65-,66-,67-,68+,69+,70+,74+,75+,76+,77-,78-,79-,80-,81-,82-,83?,84?,85?/m1/s1. The summed E-state index contributed by atoms with van der Waals surface area (Å²) in [6.45, 7) is 21.5. The summed E-state index contributed by atoms with van der Waals surface area (Å²) in [5, 5.41) is 141. The summed E-state index contributed by atoms with van der Waals surface area (Å²) in [6.07, 6.45) is 12.8. The summed E-state index contributed by atoms with van der Waals surface area (Å²) in [4.78, 5) is 35.5. The fourth-order valence-electron chi connectivity index (χ4n) is 33.1. The number of hydrogen-bond acceptors (Lipinski definition) is 15. The number of carboxylic acid groups (broad SMARTS) is 3. The molecule has 3 unspecified atom stereocenters. The number of aliphatic carboxylic acids is 3. The van der Waals surface area contributed by atoms with E-state index in [-0.39, 0.29) is 166 Å². The molecule has 16 rings (SSSR count). The van der Waals surface area contributed by atoms with Crippen LogP contribution >= 0.6 is 0 Å². The van der Waals surface area contributed by atoms with Gasteiger partial charge >= 0.3 is 17.9 Å². The molecular weight excluding hydrogens is 1310 g/mol. The number of aliphatic hydroxyl groups is 9. The minimum Gasteiger partial charge on any atom is -0.481 e. The SMILES string of the molecule is C[C@H](CCC(=O)O)[C@H]1CC[C@H]2[C@@H]3[C@H](O)C[C@@H]4C[C@H](O)CC(COC56CC7CC(OCC8C[C@@H](O)C[C@H]9C[C@@H](O)[C@@H]%10[C@H](C[C@H](O)[C@]%11(C)[C@@H]([C@H](C)CCC(=O)O)CC[C@@H]%10%11)[C@@]89C)(C5)CC(OCC5C[C@@H](O)C[C@H]8C[C@@H](O)[C@@H]9[C@H](C[C@H](O)[C@]%10(C)[C@@H]([C@H](C)CCC(=O)O)CC[C@@H]9%10)[C@@]58C)(C7)C6)[C@]4(C)[C@H]3C[C@H](O)[C@]12C. The molecule has 0 aromatic heterocycles. The summed E-state index contributed by atoms with van der Waals surface area (Å²) in [5.41, 5.74) is -4.64. The smallest absolute Gasteiger partial charge is 0.303 e. The molecule has 16 saturated carbocycles. The molecule has 103 heavy (non-hydrogen) atoms. The molecular formula is C85H136O18. The second-order valence-electron chi connectivity index (χ2n) is 41.6. The van der Waals surface area contributed by atoms with Gasteiger partial charge in [0.05, 0.1) is 91.6 Å². The summed E-state index contributed by atoms with van der Waals surface area (Å²) < 4.78 is 23.9. The lowest BCUT2D eigenvalue weighted by atomic mass is 9.41. The first-order chi connectivity index (χ1) is 48.5. The molecule has 12 N–H and O–H groups in total. The highest BCUT2D eigenvalue weighted by atomic mass is 16.5. The summed E-state index contributed by atoms with van der Waals surface area (Å²) in [7, 11) is 0. The zero-order valence-corrected chi connectivity index (χ0v) is 64.0. The van der Waals surface area contributed by atoms with Crippen molar-refractivity contribution < 1.29 is 89.9 Å². The Labute approximate surface area is 614 Å². The number of carbonyl (C=O) groups is 3. The van der Waals surface area contributed by atoms with Crippen LogP contribution in [-0.2, 0) is 28.6 Å².